The van der Waals surface area contributed by atoms with Crippen LogP contribution in [-0.4, -0.2) is 39.2 Å². The van der Waals surface area contributed by atoms with Gasteiger partial charge < -0.3 is 10.3 Å². The molecule has 1 unspecified atom stereocenters. The summed E-state index contributed by atoms with van der Waals surface area (Å²) in [5.41, 5.74) is 0.462. The fraction of sp³-hybridized carbons (Fsp3) is 0.400. The first-order valence-corrected chi connectivity index (χ1v) is 7.48. The first-order valence-electron chi connectivity index (χ1n) is 7.48. The van der Waals surface area contributed by atoms with E-state index in [4.69, 9.17) is 0 Å². The smallest absolute Gasteiger partial charge is 0.268 e. The molecule has 1 fully saturated rings. The molecule has 116 valence electrons. The zero-order valence-electron chi connectivity index (χ0n) is 12.5. The monoisotopic (exact) mass is 301 g/mol. The quantitative estimate of drug-likeness (QED) is 0.889. The molecule has 0 radical (unpaired) electrons. The van der Waals surface area contributed by atoms with E-state index in [2.05, 4.69) is 15.4 Å². The van der Waals surface area contributed by atoms with Gasteiger partial charge in [-0.2, -0.15) is 5.10 Å². The van der Waals surface area contributed by atoms with Gasteiger partial charge in [-0.25, -0.2) is 4.68 Å². The second-order valence-corrected chi connectivity index (χ2v) is 5.25. The van der Waals surface area contributed by atoms with Gasteiger partial charge in [0.05, 0.1) is 6.20 Å². The summed E-state index contributed by atoms with van der Waals surface area (Å²) in [6, 6.07) is 4.78. The number of rotatable bonds is 4. The second-order valence-electron chi connectivity index (χ2n) is 5.25. The van der Waals surface area contributed by atoms with Crippen LogP contribution in [0.3, 0.4) is 0 Å². The van der Waals surface area contributed by atoms with Crippen LogP contribution >= 0.6 is 0 Å². The van der Waals surface area contributed by atoms with Crippen molar-refractivity contribution in [3.63, 3.8) is 0 Å². The van der Waals surface area contributed by atoms with Crippen LogP contribution < -0.4 is 10.2 Å². The van der Waals surface area contributed by atoms with E-state index < -0.39 is 6.04 Å². The molecule has 1 aliphatic heterocycles. The molecule has 2 amide bonds. The Balaban J connectivity index is 1.74. The molecule has 0 aliphatic carbocycles. The van der Waals surface area contributed by atoms with Crippen molar-refractivity contribution in [1.29, 1.82) is 0 Å². The van der Waals surface area contributed by atoms with Crippen LogP contribution in [0, 0.1) is 0 Å². The molecule has 7 heteroatoms. The summed E-state index contributed by atoms with van der Waals surface area (Å²) in [5.74, 6) is 0.446. The van der Waals surface area contributed by atoms with Crippen molar-refractivity contribution in [3.8, 4) is 0 Å². The number of aromatic amines is 1. The van der Waals surface area contributed by atoms with E-state index >= 15 is 0 Å². The molecular weight excluding hydrogens is 282 g/mol. The van der Waals surface area contributed by atoms with Gasteiger partial charge in [0.2, 0.25) is 0 Å². The Labute approximate surface area is 128 Å². The van der Waals surface area contributed by atoms with Crippen molar-refractivity contribution >= 4 is 17.6 Å². The summed E-state index contributed by atoms with van der Waals surface area (Å²) in [6.07, 6.45) is 4.87. The minimum Gasteiger partial charge on any atom is -0.357 e. The van der Waals surface area contributed by atoms with E-state index in [1.54, 1.807) is 34.1 Å². The number of hydrogen-bond acceptors (Lipinski definition) is 3. The number of carbonyl (C=O) groups excluding carboxylic acids is 2. The normalized spacial score (nSPS) is 18.5. The lowest BCUT2D eigenvalue weighted by molar-refractivity contribution is -0.121. The molecule has 2 aromatic heterocycles. The van der Waals surface area contributed by atoms with Gasteiger partial charge in [-0.05, 0) is 31.9 Å². The third kappa shape index (κ3) is 2.61. The first kappa shape index (κ1) is 14.4. The van der Waals surface area contributed by atoms with E-state index in [0.29, 0.717) is 25.2 Å². The Morgan fingerprint density at radius 2 is 2.36 bits per heavy atom. The molecule has 2 aromatic rings. The van der Waals surface area contributed by atoms with Crippen molar-refractivity contribution in [2.45, 2.75) is 32.4 Å². The number of nitrogens with zero attached hydrogens (tertiary/aromatic N) is 3. The molecule has 7 nitrogen and oxygen atoms in total. The van der Waals surface area contributed by atoms with Gasteiger partial charge in [-0.1, -0.05) is 0 Å². The lowest BCUT2D eigenvalue weighted by Crippen LogP contribution is -2.53. The summed E-state index contributed by atoms with van der Waals surface area (Å²) in [4.78, 5) is 29.3. The standard InChI is InChI=1S/C15H19N5O2/c1-2-20-13(7-9-17-20)19-10-4-6-12(15(19)22)18-14(21)11-5-3-8-16-11/h3,5,7-9,12,16H,2,4,6,10H2,1H3,(H,18,21). The molecule has 0 saturated carbocycles. The number of carbonyl (C=O) groups is 2. The third-order valence-electron chi connectivity index (χ3n) is 3.86. The van der Waals surface area contributed by atoms with Gasteiger partial charge in [0.25, 0.3) is 11.8 Å². The van der Waals surface area contributed by atoms with Crippen LogP contribution in [0.2, 0.25) is 0 Å². The Hall–Kier alpha value is -2.57. The van der Waals surface area contributed by atoms with Crippen LogP contribution in [0.4, 0.5) is 5.82 Å². The lowest BCUT2D eigenvalue weighted by Gasteiger charge is -2.32. The Morgan fingerprint density at radius 3 is 3.09 bits per heavy atom. The fourth-order valence-corrected chi connectivity index (χ4v) is 2.74. The summed E-state index contributed by atoms with van der Waals surface area (Å²) in [6.45, 7) is 3.33. The molecule has 3 heterocycles. The Kier molecular flexibility index (Phi) is 3.95. The van der Waals surface area contributed by atoms with Crippen molar-refractivity contribution in [2.75, 3.05) is 11.4 Å². The maximum Gasteiger partial charge on any atom is 0.268 e. The number of piperidine rings is 1. The molecular formula is C15H19N5O2. The van der Waals surface area contributed by atoms with Gasteiger partial charge in [-0.3, -0.25) is 14.5 Å². The molecule has 1 atom stereocenters. The minimum atomic E-state index is -0.496. The largest absolute Gasteiger partial charge is 0.357 e. The van der Waals surface area contributed by atoms with Crippen molar-refractivity contribution < 1.29 is 9.59 Å². The van der Waals surface area contributed by atoms with E-state index in [0.717, 1.165) is 12.2 Å². The Bertz CT molecular complexity index is 661. The molecule has 0 bridgehead atoms. The van der Waals surface area contributed by atoms with Crippen LogP contribution in [0.1, 0.15) is 30.3 Å². The predicted molar refractivity (Wildman–Crippen MR) is 81.5 cm³/mol. The maximum atomic E-state index is 12.7. The van der Waals surface area contributed by atoms with Gasteiger partial charge in [0, 0.05) is 25.4 Å². The van der Waals surface area contributed by atoms with Crippen LogP contribution in [0.15, 0.2) is 30.6 Å². The predicted octanol–water partition coefficient (Wildman–Crippen LogP) is 1.16. The molecule has 0 aromatic carbocycles. The van der Waals surface area contributed by atoms with E-state index in [9.17, 15) is 9.59 Å². The van der Waals surface area contributed by atoms with E-state index in [1.165, 1.54) is 0 Å². The Morgan fingerprint density at radius 1 is 1.50 bits per heavy atom. The highest BCUT2D eigenvalue weighted by Gasteiger charge is 2.32. The number of hydrogen-bond donors (Lipinski definition) is 2. The maximum absolute atomic E-state index is 12.7. The molecule has 3 rings (SSSR count). The summed E-state index contributed by atoms with van der Waals surface area (Å²) >= 11 is 0. The highest BCUT2D eigenvalue weighted by Crippen LogP contribution is 2.21. The number of aromatic nitrogens is 3. The highest BCUT2D eigenvalue weighted by molar-refractivity contribution is 6.01. The van der Waals surface area contributed by atoms with Gasteiger partial charge in [-0.15, -0.1) is 0 Å². The minimum absolute atomic E-state index is 0.0821. The van der Waals surface area contributed by atoms with Crippen LogP contribution in [0.5, 0.6) is 0 Å². The first-order chi connectivity index (χ1) is 10.7. The number of anilines is 1. The van der Waals surface area contributed by atoms with Crippen LogP contribution in [0.25, 0.3) is 0 Å². The lowest BCUT2D eigenvalue weighted by atomic mass is 10.0. The molecule has 2 N–H and O–H groups in total. The number of nitrogens with one attached hydrogen (secondary N) is 2. The van der Waals surface area contributed by atoms with Crippen molar-refractivity contribution in [1.82, 2.24) is 20.1 Å². The van der Waals surface area contributed by atoms with Crippen LogP contribution in [-0.2, 0) is 11.3 Å². The summed E-state index contributed by atoms with van der Waals surface area (Å²) in [7, 11) is 0. The second kappa shape index (κ2) is 6.05. The molecule has 0 spiro atoms. The zero-order valence-corrected chi connectivity index (χ0v) is 12.5. The fourth-order valence-electron chi connectivity index (χ4n) is 2.74. The zero-order chi connectivity index (χ0) is 15.5. The number of aryl methyl sites for hydroxylation is 1. The molecule has 1 saturated heterocycles. The molecule has 22 heavy (non-hydrogen) atoms. The average molecular weight is 301 g/mol. The SMILES string of the molecule is CCn1nccc1N1CCCC(NC(=O)c2ccc[nH]2)C1=O. The summed E-state index contributed by atoms with van der Waals surface area (Å²) < 4.78 is 1.78. The third-order valence-corrected chi connectivity index (χ3v) is 3.86. The van der Waals surface area contributed by atoms with E-state index in [1.807, 2.05) is 13.0 Å². The van der Waals surface area contributed by atoms with E-state index in [-0.39, 0.29) is 11.8 Å². The number of amides is 2. The molecule has 1 aliphatic rings. The van der Waals surface area contributed by atoms with Gasteiger partial charge in [0.1, 0.15) is 17.6 Å². The van der Waals surface area contributed by atoms with Crippen molar-refractivity contribution in [3.05, 3.63) is 36.3 Å². The topological polar surface area (TPSA) is 83.0 Å². The van der Waals surface area contributed by atoms with Crippen molar-refractivity contribution in [2.24, 2.45) is 0 Å². The number of H-pyrrole nitrogens is 1. The average Bonchev–Trinajstić information content (AvgIpc) is 3.20. The highest BCUT2D eigenvalue weighted by atomic mass is 16.2. The van der Waals surface area contributed by atoms with Gasteiger partial charge >= 0.3 is 0 Å². The van der Waals surface area contributed by atoms with Gasteiger partial charge in [0.15, 0.2) is 0 Å². The summed E-state index contributed by atoms with van der Waals surface area (Å²) in [5, 5.41) is 7.01.